The molecule has 3 heterocycles. The van der Waals surface area contributed by atoms with E-state index in [2.05, 4.69) is 4.98 Å². The molecular weight excluding hydrogens is 656 g/mol. The van der Waals surface area contributed by atoms with Crippen molar-refractivity contribution in [3.05, 3.63) is 59.2 Å². The lowest BCUT2D eigenvalue weighted by atomic mass is 9.78. The zero-order valence-electron chi connectivity index (χ0n) is 24.3. The quantitative estimate of drug-likeness (QED) is 0.464. The van der Waals surface area contributed by atoms with Crippen LogP contribution in [0.4, 0.5) is 39.9 Å². The number of hydrazine groups is 1. The van der Waals surface area contributed by atoms with Crippen molar-refractivity contribution in [1.82, 2.24) is 19.9 Å². The van der Waals surface area contributed by atoms with Crippen molar-refractivity contribution >= 4 is 21.8 Å². The molecule has 1 aromatic heterocycles. The molecular formula is C28H28F8N4O5S. The van der Waals surface area contributed by atoms with Crippen LogP contribution in [0.5, 0.6) is 0 Å². The number of rotatable bonds is 5. The van der Waals surface area contributed by atoms with Gasteiger partial charge in [0.25, 0.3) is 0 Å². The number of benzene rings is 1. The molecule has 2 fully saturated rings. The Hall–Kier alpha value is -3.54. The second kappa shape index (κ2) is 10.7. The largest absolute Gasteiger partial charge is 0.437 e. The molecule has 0 saturated carbocycles. The van der Waals surface area contributed by atoms with Crippen LogP contribution in [0.25, 0.3) is 0 Å². The first-order valence-electron chi connectivity index (χ1n) is 14.0. The highest BCUT2D eigenvalue weighted by atomic mass is 32.2. The van der Waals surface area contributed by atoms with Gasteiger partial charge in [-0.1, -0.05) is 6.07 Å². The van der Waals surface area contributed by atoms with E-state index in [0.29, 0.717) is 12.3 Å². The second-order valence-corrected chi connectivity index (χ2v) is 14.4. The molecule has 1 N–H and O–H groups in total. The number of aliphatic hydroxyl groups is 1. The maximum Gasteiger partial charge on any atom is 0.437 e. The number of alkyl halides is 7. The molecule has 3 amide bonds. The lowest BCUT2D eigenvalue weighted by Gasteiger charge is -2.44. The van der Waals surface area contributed by atoms with Crippen molar-refractivity contribution < 1.29 is 58.2 Å². The molecule has 0 spiro atoms. The Morgan fingerprint density at radius 2 is 1.70 bits per heavy atom. The van der Waals surface area contributed by atoms with E-state index in [-0.39, 0.29) is 56.1 Å². The van der Waals surface area contributed by atoms with Crippen molar-refractivity contribution in [2.75, 3.05) is 19.6 Å². The van der Waals surface area contributed by atoms with E-state index in [1.807, 2.05) is 0 Å². The number of aromatic nitrogens is 1. The number of hydrogen-bond donors (Lipinski definition) is 1. The zero-order chi connectivity index (χ0) is 34.3. The molecule has 252 valence electrons. The molecule has 9 nitrogen and oxygen atoms in total. The lowest BCUT2D eigenvalue weighted by Crippen LogP contribution is -2.58. The third kappa shape index (κ3) is 5.07. The van der Waals surface area contributed by atoms with Gasteiger partial charge in [0.1, 0.15) is 10.6 Å². The number of pyridine rings is 1. The summed E-state index contributed by atoms with van der Waals surface area (Å²) in [7, 11) is -4.80. The molecule has 0 radical (unpaired) electrons. The predicted molar refractivity (Wildman–Crippen MR) is 143 cm³/mol. The summed E-state index contributed by atoms with van der Waals surface area (Å²) in [5.41, 5.74) is -10.1. The van der Waals surface area contributed by atoms with E-state index in [4.69, 9.17) is 0 Å². The smallest absolute Gasteiger partial charge is 0.389 e. The van der Waals surface area contributed by atoms with Crippen molar-refractivity contribution in [1.29, 1.82) is 0 Å². The molecule has 2 unspecified atom stereocenters. The number of carbonyl (C=O) groups is 2. The topological polar surface area (TPSA) is 111 Å². The second-order valence-electron chi connectivity index (χ2n) is 12.1. The van der Waals surface area contributed by atoms with Crippen molar-refractivity contribution in [3.63, 3.8) is 0 Å². The molecule has 2 saturated heterocycles. The fraction of sp³-hybridized carbons (Fsp3) is 0.536. The van der Waals surface area contributed by atoms with Gasteiger partial charge in [-0.15, -0.1) is 0 Å². The van der Waals surface area contributed by atoms with E-state index in [1.54, 1.807) is 0 Å². The maximum atomic E-state index is 15.0. The van der Waals surface area contributed by atoms with Gasteiger partial charge < -0.3 is 10.0 Å². The van der Waals surface area contributed by atoms with Crippen molar-refractivity contribution in [3.8, 4) is 0 Å². The fourth-order valence-electron chi connectivity index (χ4n) is 6.59. The van der Waals surface area contributed by atoms with E-state index in [0.717, 1.165) is 33.1 Å². The summed E-state index contributed by atoms with van der Waals surface area (Å²) >= 11 is 0. The van der Waals surface area contributed by atoms with E-state index < -0.39 is 79.0 Å². The monoisotopic (exact) mass is 684 g/mol. The summed E-state index contributed by atoms with van der Waals surface area (Å²) in [5.74, 6) is -1.46. The number of sulfone groups is 1. The molecule has 2 atom stereocenters. The summed E-state index contributed by atoms with van der Waals surface area (Å²) in [5, 5.41) is 12.4. The first-order valence-corrected chi connectivity index (χ1v) is 15.5. The van der Waals surface area contributed by atoms with Crippen LogP contribution in [-0.4, -0.2) is 89.0 Å². The summed E-state index contributed by atoms with van der Waals surface area (Å²) < 4.78 is 137. The van der Waals surface area contributed by atoms with Crippen molar-refractivity contribution in [2.45, 2.75) is 78.8 Å². The number of nitrogens with zero attached hydrogens (tertiary/aromatic N) is 4. The first-order chi connectivity index (χ1) is 21.1. The number of amides is 3. The molecule has 46 heavy (non-hydrogen) atoms. The van der Waals surface area contributed by atoms with Crippen LogP contribution in [-0.2, 0) is 31.5 Å². The normalized spacial score (nSPS) is 22.7. The van der Waals surface area contributed by atoms with Crippen LogP contribution in [0.3, 0.4) is 0 Å². The van der Waals surface area contributed by atoms with Crippen LogP contribution < -0.4 is 0 Å². The van der Waals surface area contributed by atoms with E-state index in [9.17, 15) is 58.2 Å². The highest BCUT2D eigenvalue weighted by Gasteiger charge is 2.75. The molecule has 1 aromatic carbocycles. The number of likely N-dealkylation sites (tertiary alicyclic amines) is 1. The Labute approximate surface area is 257 Å². The Morgan fingerprint density at radius 1 is 1.04 bits per heavy atom. The summed E-state index contributed by atoms with van der Waals surface area (Å²) in [4.78, 5) is 30.3. The van der Waals surface area contributed by atoms with Crippen LogP contribution in [0.15, 0.2) is 41.4 Å². The van der Waals surface area contributed by atoms with Gasteiger partial charge >= 0.3 is 24.1 Å². The zero-order valence-corrected chi connectivity index (χ0v) is 25.1. The van der Waals surface area contributed by atoms with Gasteiger partial charge in [0.2, 0.25) is 5.91 Å². The van der Waals surface area contributed by atoms with Crippen LogP contribution in [0, 0.1) is 5.82 Å². The third-order valence-corrected chi connectivity index (χ3v) is 11.1. The van der Waals surface area contributed by atoms with Crippen LogP contribution in [0.2, 0.25) is 0 Å². The van der Waals surface area contributed by atoms with Crippen molar-refractivity contribution in [2.24, 2.45) is 0 Å². The number of aryl methyl sites for hydroxylation is 1. The number of fused-ring (bicyclic) bond motifs is 3. The Balaban J connectivity index is 1.66. The number of β-amino-alcohol motifs (C(OH)–C–C–N with tert-alkyl or cyclic N) is 1. The third-order valence-electron chi connectivity index (χ3n) is 8.61. The Kier molecular flexibility index (Phi) is 7.90. The minimum atomic E-state index is -6.46. The maximum absolute atomic E-state index is 15.0. The molecule has 2 aromatic rings. The Morgan fingerprint density at radius 3 is 2.28 bits per heavy atom. The molecule has 3 aliphatic rings. The molecule has 5 rings (SSSR count). The van der Waals surface area contributed by atoms with Crippen LogP contribution >= 0.6 is 0 Å². The standard InChI is InChI=1S/C28H28F8N4O5S/c1-24(2,43)15-40-22(41)8-10-39(40)23(42)38-11-9-25(46(44,45)18-5-3-4-17(29)13-18)19-14-37-20(12-16(19)6-7-21(25)38)26(30,27(31,32)33)28(34,35)36/h3-5,12-14,21,43H,6-11,15H2,1-2H3. The highest BCUT2D eigenvalue weighted by molar-refractivity contribution is 7.92. The summed E-state index contributed by atoms with van der Waals surface area (Å²) in [6.07, 6.45) is -13.7. The fourth-order valence-corrected chi connectivity index (χ4v) is 8.97. The average Bonchev–Trinajstić information content (AvgIpc) is 3.51. The first kappa shape index (κ1) is 33.8. The number of halogens is 8. The average molecular weight is 685 g/mol. The van der Waals surface area contributed by atoms with Gasteiger partial charge in [-0.2, -0.15) is 26.3 Å². The van der Waals surface area contributed by atoms with E-state index in [1.165, 1.54) is 13.8 Å². The van der Waals surface area contributed by atoms with Gasteiger partial charge in [0, 0.05) is 19.2 Å². The molecule has 1 aliphatic carbocycles. The predicted octanol–water partition coefficient (Wildman–Crippen LogP) is 4.54. The van der Waals surface area contributed by atoms with Gasteiger partial charge in [-0.05, 0) is 68.5 Å². The number of carbonyl (C=O) groups excluding carboxylic acids is 2. The van der Waals surface area contributed by atoms with Crippen LogP contribution in [0.1, 0.15) is 49.9 Å². The lowest BCUT2D eigenvalue weighted by molar-refractivity contribution is -0.350. The van der Waals surface area contributed by atoms with Gasteiger partial charge in [0.05, 0.1) is 35.3 Å². The minimum Gasteiger partial charge on any atom is -0.389 e. The number of urea groups is 1. The van der Waals surface area contributed by atoms with Gasteiger partial charge in [-0.25, -0.2) is 32.0 Å². The van der Waals surface area contributed by atoms with Gasteiger partial charge in [-0.3, -0.25) is 9.78 Å². The Bertz CT molecular complexity index is 1660. The molecule has 0 bridgehead atoms. The highest BCUT2D eigenvalue weighted by Crippen LogP contribution is 2.56. The SMILES string of the molecule is CC(C)(O)CN1C(=O)CCN1C(=O)N1CCC2(S(=O)(=O)c3cccc(F)c3)c3cnc(C(F)(C(F)(F)F)C(F)(F)F)cc3CCC12. The molecule has 2 aliphatic heterocycles. The number of hydrogen-bond acceptors (Lipinski definition) is 6. The summed E-state index contributed by atoms with van der Waals surface area (Å²) in [6, 6.07) is 1.88. The molecule has 18 heteroatoms. The van der Waals surface area contributed by atoms with Gasteiger partial charge in [0.15, 0.2) is 9.84 Å². The van der Waals surface area contributed by atoms with E-state index >= 15 is 0 Å². The minimum absolute atomic E-state index is 0.105. The summed E-state index contributed by atoms with van der Waals surface area (Å²) in [6.45, 7) is 2.09.